The van der Waals surface area contributed by atoms with E-state index in [9.17, 15) is 9.90 Å². The Bertz CT molecular complexity index is 643. The van der Waals surface area contributed by atoms with E-state index in [-0.39, 0.29) is 0 Å². The maximum absolute atomic E-state index is 11.0. The number of nitrogens with one attached hydrogen (secondary N) is 1. The number of carbonyl (C=O) groups excluding carboxylic acids is 1. The number of nitrogens with two attached hydrogens (primary N) is 1. The standard InChI is InChI=1S/C15H20N2O3S/c1-9-4-13(10(2)20-9)15(3,19)8-17-6-12-5-11(7-21-12)14(16)18/h4-5,7,17,19H,6,8H2,1-3H3,(H2,16,18). The number of thiophene rings is 1. The second kappa shape index (κ2) is 6.01. The Hall–Kier alpha value is -1.63. The van der Waals surface area contributed by atoms with E-state index in [4.69, 9.17) is 10.2 Å². The number of hydrogen-bond donors (Lipinski definition) is 3. The first-order valence-electron chi connectivity index (χ1n) is 6.67. The third-order valence-corrected chi connectivity index (χ3v) is 4.26. The number of primary amides is 1. The predicted molar refractivity (Wildman–Crippen MR) is 82.3 cm³/mol. The van der Waals surface area contributed by atoms with Crippen molar-refractivity contribution >= 4 is 17.2 Å². The van der Waals surface area contributed by atoms with Crippen LogP contribution in [0.15, 0.2) is 21.9 Å². The Labute approximate surface area is 127 Å². The van der Waals surface area contributed by atoms with Crippen LogP contribution in [-0.2, 0) is 12.1 Å². The van der Waals surface area contributed by atoms with Gasteiger partial charge in [-0.3, -0.25) is 4.79 Å². The van der Waals surface area contributed by atoms with Crippen LogP contribution in [0.1, 0.15) is 39.2 Å². The summed E-state index contributed by atoms with van der Waals surface area (Å²) >= 11 is 1.47. The first-order chi connectivity index (χ1) is 9.79. The fraction of sp³-hybridized carbons (Fsp3) is 0.400. The fourth-order valence-corrected chi connectivity index (χ4v) is 3.14. The second-order valence-electron chi connectivity index (χ2n) is 5.37. The van der Waals surface area contributed by atoms with Crippen LogP contribution in [0.3, 0.4) is 0 Å². The topological polar surface area (TPSA) is 88.5 Å². The van der Waals surface area contributed by atoms with Crippen LogP contribution >= 0.6 is 11.3 Å². The van der Waals surface area contributed by atoms with Crippen molar-refractivity contribution in [3.05, 3.63) is 45.0 Å². The lowest BCUT2D eigenvalue weighted by Gasteiger charge is -2.23. The summed E-state index contributed by atoms with van der Waals surface area (Å²) in [5, 5.41) is 15.5. The van der Waals surface area contributed by atoms with Crippen LogP contribution in [0, 0.1) is 13.8 Å². The van der Waals surface area contributed by atoms with Gasteiger partial charge in [0.15, 0.2) is 0 Å². The van der Waals surface area contributed by atoms with E-state index in [2.05, 4.69) is 5.32 Å². The molecule has 0 radical (unpaired) electrons. The fourth-order valence-electron chi connectivity index (χ4n) is 2.29. The molecule has 6 heteroatoms. The Kier molecular flexibility index (Phi) is 4.51. The molecule has 2 rings (SSSR count). The van der Waals surface area contributed by atoms with Crippen molar-refractivity contribution in [2.24, 2.45) is 5.73 Å². The molecule has 2 heterocycles. The molecule has 114 valence electrons. The molecule has 0 aromatic carbocycles. The normalized spacial score (nSPS) is 14.1. The highest BCUT2D eigenvalue weighted by molar-refractivity contribution is 7.10. The maximum Gasteiger partial charge on any atom is 0.249 e. The average Bonchev–Trinajstić information content (AvgIpc) is 2.96. The number of hydrogen-bond acceptors (Lipinski definition) is 5. The van der Waals surface area contributed by atoms with E-state index in [1.54, 1.807) is 18.4 Å². The molecule has 0 aliphatic carbocycles. The third kappa shape index (κ3) is 3.72. The minimum absolute atomic E-state index is 0.386. The average molecular weight is 308 g/mol. The maximum atomic E-state index is 11.0. The minimum Gasteiger partial charge on any atom is -0.466 e. The summed E-state index contributed by atoms with van der Waals surface area (Å²) in [5.41, 5.74) is 5.52. The van der Waals surface area contributed by atoms with Crippen LogP contribution in [0.25, 0.3) is 0 Å². The van der Waals surface area contributed by atoms with Gasteiger partial charge in [0.1, 0.15) is 17.1 Å². The Morgan fingerprint density at radius 1 is 1.48 bits per heavy atom. The molecule has 21 heavy (non-hydrogen) atoms. The molecule has 2 aromatic rings. The van der Waals surface area contributed by atoms with Crippen LogP contribution in [-0.4, -0.2) is 17.6 Å². The van der Waals surface area contributed by atoms with Gasteiger partial charge in [-0.05, 0) is 32.9 Å². The molecule has 1 unspecified atom stereocenters. The Morgan fingerprint density at radius 3 is 2.71 bits per heavy atom. The summed E-state index contributed by atoms with van der Waals surface area (Å²) in [4.78, 5) is 12.0. The van der Waals surface area contributed by atoms with Crippen LogP contribution in [0.4, 0.5) is 0 Å². The summed E-state index contributed by atoms with van der Waals surface area (Å²) < 4.78 is 5.46. The Morgan fingerprint density at radius 2 is 2.19 bits per heavy atom. The van der Waals surface area contributed by atoms with E-state index >= 15 is 0 Å². The number of rotatable bonds is 6. The van der Waals surface area contributed by atoms with E-state index in [0.717, 1.165) is 22.0 Å². The summed E-state index contributed by atoms with van der Waals surface area (Å²) in [6.45, 7) is 6.41. The SMILES string of the molecule is Cc1cc(C(C)(O)CNCc2cc(C(N)=O)cs2)c(C)o1. The molecule has 0 fully saturated rings. The van der Waals surface area contributed by atoms with Gasteiger partial charge in [-0.1, -0.05) is 0 Å². The lowest BCUT2D eigenvalue weighted by Crippen LogP contribution is -2.35. The predicted octanol–water partition coefficient (Wildman–Crippen LogP) is 2.05. The lowest BCUT2D eigenvalue weighted by atomic mass is 9.96. The summed E-state index contributed by atoms with van der Waals surface area (Å²) in [6.07, 6.45) is 0. The van der Waals surface area contributed by atoms with Crippen molar-refractivity contribution in [1.82, 2.24) is 5.32 Å². The molecule has 2 aromatic heterocycles. The zero-order valence-electron chi connectivity index (χ0n) is 12.4. The number of amides is 1. The monoisotopic (exact) mass is 308 g/mol. The van der Waals surface area contributed by atoms with E-state index in [0.29, 0.717) is 18.7 Å². The van der Waals surface area contributed by atoms with Gasteiger partial charge < -0.3 is 20.6 Å². The smallest absolute Gasteiger partial charge is 0.249 e. The highest BCUT2D eigenvalue weighted by atomic mass is 32.1. The first-order valence-corrected chi connectivity index (χ1v) is 7.55. The molecule has 0 aliphatic rings. The number of aliphatic hydroxyl groups is 1. The summed E-state index contributed by atoms with van der Waals surface area (Å²) in [6, 6.07) is 3.62. The molecule has 1 atom stereocenters. The number of aryl methyl sites for hydroxylation is 2. The van der Waals surface area contributed by atoms with Crippen molar-refractivity contribution in [3.63, 3.8) is 0 Å². The molecule has 1 amide bonds. The van der Waals surface area contributed by atoms with Gasteiger partial charge in [-0.15, -0.1) is 11.3 Å². The quantitative estimate of drug-likeness (QED) is 0.762. The third-order valence-electron chi connectivity index (χ3n) is 3.33. The van der Waals surface area contributed by atoms with Gasteiger partial charge in [0.25, 0.3) is 0 Å². The highest BCUT2D eigenvalue weighted by Crippen LogP contribution is 2.26. The molecule has 4 N–H and O–H groups in total. The van der Waals surface area contributed by atoms with Gasteiger partial charge in [-0.2, -0.15) is 0 Å². The lowest BCUT2D eigenvalue weighted by molar-refractivity contribution is 0.0552. The van der Waals surface area contributed by atoms with Gasteiger partial charge in [-0.25, -0.2) is 0 Å². The van der Waals surface area contributed by atoms with Crippen LogP contribution in [0.2, 0.25) is 0 Å². The van der Waals surface area contributed by atoms with Gasteiger partial charge >= 0.3 is 0 Å². The van der Waals surface area contributed by atoms with Gasteiger partial charge in [0.2, 0.25) is 5.91 Å². The molecule has 0 saturated heterocycles. The van der Waals surface area contributed by atoms with E-state index in [1.807, 2.05) is 19.9 Å². The molecule has 0 spiro atoms. The van der Waals surface area contributed by atoms with Crippen molar-refractivity contribution in [1.29, 1.82) is 0 Å². The van der Waals surface area contributed by atoms with Crippen LogP contribution in [0.5, 0.6) is 0 Å². The molecule has 0 bridgehead atoms. The molecule has 0 aliphatic heterocycles. The van der Waals surface area contributed by atoms with Crippen molar-refractivity contribution < 1.29 is 14.3 Å². The zero-order chi connectivity index (χ0) is 15.6. The van der Waals surface area contributed by atoms with Crippen molar-refractivity contribution in [2.45, 2.75) is 32.9 Å². The Balaban J connectivity index is 1.95. The number of furan rings is 1. The first kappa shape index (κ1) is 15.8. The molecular weight excluding hydrogens is 288 g/mol. The molecular formula is C15H20N2O3S. The largest absolute Gasteiger partial charge is 0.466 e. The molecule has 0 saturated carbocycles. The zero-order valence-corrected chi connectivity index (χ0v) is 13.2. The molecule has 5 nitrogen and oxygen atoms in total. The second-order valence-corrected chi connectivity index (χ2v) is 6.37. The van der Waals surface area contributed by atoms with Gasteiger partial charge in [0.05, 0.1) is 5.56 Å². The number of carbonyl (C=O) groups is 1. The minimum atomic E-state index is -1.01. The summed E-state index contributed by atoms with van der Waals surface area (Å²) in [5.74, 6) is 1.09. The highest BCUT2D eigenvalue weighted by Gasteiger charge is 2.27. The van der Waals surface area contributed by atoms with Gasteiger partial charge in [0, 0.05) is 28.9 Å². The van der Waals surface area contributed by atoms with E-state index < -0.39 is 11.5 Å². The van der Waals surface area contributed by atoms with Crippen LogP contribution < -0.4 is 11.1 Å². The van der Waals surface area contributed by atoms with Crippen molar-refractivity contribution in [3.8, 4) is 0 Å². The summed E-state index contributed by atoms with van der Waals surface area (Å²) in [7, 11) is 0. The van der Waals surface area contributed by atoms with Crippen molar-refractivity contribution in [2.75, 3.05) is 6.54 Å². The van der Waals surface area contributed by atoms with E-state index in [1.165, 1.54) is 11.3 Å².